The molecule has 0 spiro atoms. The van der Waals surface area contributed by atoms with E-state index in [2.05, 4.69) is 25.1 Å². The molecule has 11 nitrogen and oxygen atoms in total. The summed E-state index contributed by atoms with van der Waals surface area (Å²) in [6, 6.07) is 16.0. The van der Waals surface area contributed by atoms with Crippen molar-refractivity contribution < 1.29 is 9.72 Å². The van der Waals surface area contributed by atoms with Gasteiger partial charge in [0.1, 0.15) is 10.7 Å². The lowest BCUT2D eigenvalue weighted by Gasteiger charge is -2.35. The van der Waals surface area contributed by atoms with Crippen LogP contribution in [0.1, 0.15) is 21.1 Å². The third-order valence-corrected chi connectivity index (χ3v) is 9.26. The molecule has 218 valence electrons. The van der Waals surface area contributed by atoms with Gasteiger partial charge < -0.3 is 9.80 Å². The van der Waals surface area contributed by atoms with Gasteiger partial charge in [-0.15, -0.1) is 21.5 Å². The van der Waals surface area contributed by atoms with E-state index in [1.165, 1.54) is 35.2 Å². The third kappa shape index (κ3) is 6.24. The van der Waals surface area contributed by atoms with Crippen molar-refractivity contribution in [2.45, 2.75) is 17.8 Å². The molecular formula is C29H25ClN8O3S2. The van der Waals surface area contributed by atoms with E-state index in [-0.39, 0.29) is 11.6 Å². The van der Waals surface area contributed by atoms with Crippen LogP contribution in [-0.4, -0.2) is 66.6 Å². The third-order valence-electron chi connectivity index (χ3n) is 7.05. The highest BCUT2D eigenvalue weighted by atomic mass is 35.5. The van der Waals surface area contributed by atoms with Crippen LogP contribution >= 0.6 is 34.7 Å². The van der Waals surface area contributed by atoms with Crippen molar-refractivity contribution in [1.29, 1.82) is 0 Å². The van der Waals surface area contributed by atoms with Gasteiger partial charge in [-0.2, -0.15) is 0 Å². The number of thioether (sulfide) groups is 1. The molecule has 6 rings (SSSR count). The topological polar surface area (TPSA) is 123 Å². The van der Waals surface area contributed by atoms with Crippen molar-refractivity contribution in [1.82, 2.24) is 29.6 Å². The molecule has 2 aromatic carbocycles. The number of hydrogen-bond acceptors (Lipinski definition) is 10. The molecule has 0 radical (unpaired) electrons. The molecule has 0 atom stereocenters. The number of halogens is 1. The van der Waals surface area contributed by atoms with Gasteiger partial charge in [0.15, 0.2) is 11.0 Å². The summed E-state index contributed by atoms with van der Waals surface area (Å²) in [7, 11) is 0. The average molecular weight is 633 g/mol. The zero-order valence-electron chi connectivity index (χ0n) is 23.0. The smallest absolute Gasteiger partial charge is 0.273 e. The number of thiazole rings is 1. The number of pyridine rings is 1. The SMILES string of the molecule is Cc1ccc(Cl)cc1-n1c(SCc2nc(C(=O)N3CCN(c4ccc([N+](=O)[O-])cc4)CC3)cs2)nnc1-c1cccnc1. The first-order valence-corrected chi connectivity index (χ1v) is 15.6. The Bertz CT molecular complexity index is 1770. The summed E-state index contributed by atoms with van der Waals surface area (Å²) in [5, 5.41) is 23.8. The number of carbonyl (C=O) groups excluding carboxylic acids is 1. The van der Waals surface area contributed by atoms with Crippen LogP contribution in [0.5, 0.6) is 0 Å². The molecule has 0 saturated carbocycles. The van der Waals surface area contributed by atoms with Crippen LogP contribution in [0.2, 0.25) is 5.02 Å². The first-order valence-electron chi connectivity index (χ1n) is 13.4. The van der Waals surface area contributed by atoms with Crippen LogP contribution < -0.4 is 4.90 Å². The lowest BCUT2D eigenvalue weighted by atomic mass is 10.2. The van der Waals surface area contributed by atoms with Crippen LogP contribution in [-0.2, 0) is 5.75 Å². The molecular weight excluding hydrogens is 608 g/mol. The minimum Gasteiger partial charge on any atom is -0.368 e. The summed E-state index contributed by atoms with van der Waals surface area (Å²) in [6.07, 6.45) is 3.46. The predicted octanol–water partition coefficient (Wildman–Crippen LogP) is 5.91. The van der Waals surface area contributed by atoms with Crippen molar-refractivity contribution in [2.24, 2.45) is 0 Å². The summed E-state index contributed by atoms with van der Waals surface area (Å²) >= 11 is 9.29. The molecule has 1 saturated heterocycles. The van der Waals surface area contributed by atoms with Crippen molar-refractivity contribution in [3.63, 3.8) is 0 Å². The Hall–Kier alpha value is -4.33. The van der Waals surface area contributed by atoms with Crippen LogP contribution in [0, 0.1) is 17.0 Å². The first-order chi connectivity index (χ1) is 20.9. The number of rotatable bonds is 8. The number of nitrogens with zero attached hydrogens (tertiary/aromatic N) is 8. The van der Waals surface area contributed by atoms with Gasteiger partial charge in [0, 0.05) is 72.4 Å². The summed E-state index contributed by atoms with van der Waals surface area (Å²) in [5.74, 6) is 1.06. The van der Waals surface area contributed by atoms with Gasteiger partial charge in [0.2, 0.25) is 0 Å². The van der Waals surface area contributed by atoms with Gasteiger partial charge in [-0.3, -0.25) is 24.5 Å². The Morgan fingerprint density at radius 2 is 1.88 bits per heavy atom. The Kier molecular flexibility index (Phi) is 8.36. The molecule has 43 heavy (non-hydrogen) atoms. The highest BCUT2D eigenvalue weighted by molar-refractivity contribution is 7.98. The van der Waals surface area contributed by atoms with Gasteiger partial charge >= 0.3 is 0 Å². The van der Waals surface area contributed by atoms with E-state index in [0.29, 0.717) is 53.6 Å². The molecule has 0 N–H and O–H groups in total. The molecule has 1 amide bonds. The normalized spacial score (nSPS) is 13.3. The first kappa shape index (κ1) is 28.8. The number of nitro groups is 1. The van der Waals surface area contributed by atoms with Crippen LogP contribution in [0.25, 0.3) is 17.1 Å². The van der Waals surface area contributed by atoms with Gasteiger partial charge in [0.25, 0.3) is 11.6 Å². The largest absolute Gasteiger partial charge is 0.368 e. The number of non-ortho nitro benzene ring substituents is 1. The lowest BCUT2D eigenvalue weighted by Crippen LogP contribution is -2.48. The monoisotopic (exact) mass is 632 g/mol. The number of amides is 1. The number of benzene rings is 2. The van der Waals surface area contributed by atoms with E-state index in [0.717, 1.165) is 27.5 Å². The Balaban J connectivity index is 1.13. The molecule has 1 aliphatic rings. The maximum atomic E-state index is 13.2. The Morgan fingerprint density at radius 1 is 1.09 bits per heavy atom. The number of aryl methyl sites for hydroxylation is 1. The molecule has 1 fully saturated rings. The summed E-state index contributed by atoms with van der Waals surface area (Å²) in [4.78, 5) is 36.6. The molecule has 0 unspecified atom stereocenters. The minimum atomic E-state index is -0.411. The summed E-state index contributed by atoms with van der Waals surface area (Å²) < 4.78 is 1.98. The zero-order valence-corrected chi connectivity index (χ0v) is 25.3. The number of aromatic nitrogens is 5. The maximum Gasteiger partial charge on any atom is 0.273 e. The highest BCUT2D eigenvalue weighted by Gasteiger charge is 2.25. The second kappa shape index (κ2) is 12.5. The highest BCUT2D eigenvalue weighted by Crippen LogP contribution is 2.32. The van der Waals surface area contributed by atoms with Crippen molar-refractivity contribution in [3.05, 3.63) is 104 Å². The minimum absolute atomic E-state index is 0.0591. The molecule has 4 heterocycles. The summed E-state index contributed by atoms with van der Waals surface area (Å²) in [6.45, 7) is 4.35. The molecule has 14 heteroatoms. The zero-order chi connectivity index (χ0) is 29.9. The lowest BCUT2D eigenvalue weighted by molar-refractivity contribution is -0.384. The molecule has 0 aliphatic carbocycles. The quantitative estimate of drug-likeness (QED) is 0.117. The van der Waals surface area contributed by atoms with Gasteiger partial charge in [-0.05, 0) is 48.9 Å². The predicted molar refractivity (Wildman–Crippen MR) is 167 cm³/mol. The second-order valence-corrected chi connectivity index (χ2v) is 12.1. The maximum absolute atomic E-state index is 13.2. The van der Waals surface area contributed by atoms with Gasteiger partial charge in [-0.25, -0.2) is 4.98 Å². The second-order valence-electron chi connectivity index (χ2n) is 9.78. The molecule has 3 aromatic heterocycles. The van der Waals surface area contributed by atoms with Crippen molar-refractivity contribution in [3.8, 4) is 17.1 Å². The fourth-order valence-corrected chi connectivity index (χ4v) is 6.70. The number of piperazine rings is 1. The van der Waals surface area contributed by atoms with E-state index in [1.54, 1.807) is 34.8 Å². The Labute approximate surface area is 260 Å². The van der Waals surface area contributed by atoms with E-state index < -0.39 is 4.92 Å². The average Bonchev–Trinajstić information content (AvgIpc) is 3.69. The van der Waals surface area contributed by atoms with Gasteiger partial charge in [0.05, 0.1) is 16.4 Å². The number of anilines is 1. The number of carbonyl (C=O) groups is 1. The van der Waals surface area contributed by atoms with E-state index in [1.807, 2.05) is 41.8 Å². The van der Waals surface area contributed by atoms with Crippen LogP contribution in [0.3, 0.4) is 0 Å². The Morgan fingerprint density at radius 3 is 2.60 bits per heavy atom. The summed E-state index contributed by atoms with van der Waals surface area (Å²) in [5.41, 5.74) is 4.11. The van der Waals surface area contributed by atoms with E-state index in [9.17, 15) is 14.9 Å². The fourth-order valence-electron chi connectivity index (χ4n) is 4.80. The van der Waals surface area contributed by atoms with Crippen molar-refractivity contribution >= 4 is 52.0 Å². The van der Waals surface area contributed by atoms with E-state index in [4.69, 9.17) is 11.6 Å². The van der Waals surface area contributed by atoms with E-state index >= 15 is 0 Å². The van der Waals surface area contributed by atoms with Crippen LogP contribution in [0.4, 0.5) is 11.4 Å². The fraction of sp³-hybridized carbons (Fsp3) is 0.207. The standard InChI is InChI=1S/C29H25ClN8O3S2/c1-19-4-5-21(30)15-25(19)37-27(20-3-2-10-31-16-20)33-34-29(37)43-18-26-32-24(17-42-26)28(39)36-13-11-35(12-14-36)22-6-8-23(9-7-22)38(40)41/h2-10,15-17H,11-14,18H2,1H3. The molecule has 5 aromatic rings. The molecule has 1 aliphatic heterocycles. The van der Waals surface area contributed by atoms with Gasteiger partial charge in [-0.1, -0.05) is 29.4 Å². The van der Waals surface area contributed by atoms with Crippen LogP contribution in [0.15, 0.2) is 77.5 Å². The number of hydrogen-bond donors (Lipinski definition) is 0. The number of nitro benzene ring substituents is 1. The van der Waals surface area contributed by atoms with Crippen molar-refractivity contribution in [2.75, 3.05) is 31.1 Å². The molecule has 0 bridgehead atoms.